The van der Waals surface area contributed by atoms with Crippen LogP contribution in [0.4, 0.5) is 5.69 Å². The van der Waals surface area contributed by atoms with Crippen LogP contribution in [-0.4, -0.2) is 64.3 Å². The third kappa shape index (κ3) is 6.52. The van der Waals surface area contributed by atoms with Crippen molar-refractivity contribution in [3.05, 3.63) is 54.1 Å². The first-order valence-electron chi connectivity index (χ1n) is 13.4. The minimum absolute atomic E-state index is 0.0671. The predicted octanol–water partition coefficient (Wildman–Crippen LogP) is 3.27. The number of carbonyl (C=O) groups is 2. The maximum atomic E-state index is 13.6. The second kappa shape index (κ2) is 12.5. The normalized spacial score (nSPS) is 13.5. The van der Waals surface area contributed by atoms with Crippen molar-refractivity contribution in [2.24, 2.45) is 0 Å². The van der Waals surface area contributed by atoms with Crippen LogP contribution in [0.2, 0.25) is 0 Å². The van der Waals surface area contributed by atoms with Crippen molar-refractivity contribution in [3.8, 4) is 22.5 Å². The van der Waals surface area contributed by atoms with Gasteiger partial charge in [-0.2, -0.15) is 0 Å². The first-order valence-corrected chi connectivity index (χ1v) is 13.4. The number of aliphatic hydroxyl groups is 1. The van der Waals surface area contributed by atoms with Crippen molar-refractivity contribution < 1.29 is 19.4 Å². The minimum atomic E-state index is -0.916. The number of fused-ring (bicyclic) bond motifs is 5. The molecule has 2 amide bonds. The molecule has 2 heterocycles. The van der Waals surface area contributed by atoms with Crippen molar-refractivity contribution in [3.63, 3.8) is 0 Å². The van der Waals surface area contributed by atoms with E-state index >= 15 is 0 Å². The van der Waals surface area contributed by atoms with E-state index in [1.54, 1.807) is 11.9 Å². The smallest absolute Gasteiger partial charge is 0.227 e. The number of aromatic nitrogens is 3. The van der Waals surface area contributed by atoms with Crippen LogP contribution < -0.4 is 15.5 Å². The SMILES string of the molecule is CCOC(C)(C)CCNC(=O)CCC(=O)N1Cc2ccccc2-c2c(nnn2C(O)CNC)-c2ccccc21. The zero-order valence-electron chi connectivity index (χ0n) is 23.1. The molecule has 0 aliphatic carbocycles. The summed E-state index contributed by atoms with van der Waals surface area (Å²) in [5.41, 5.74) is 4.12. The van der Waals surface area contributed by atoms with E-state index in [-0.39, 0.29) is 30.3 Å². The molecule has 0 radical (unpaired) electrons. The van der Waals surface area contributed by atoms with Gasteiger partial charge in [0.1, 0.15) is 11.4 Å². The summed E-state index contributed by atoms with van der Waals surface area (Å²) in [6.45, 7) is 7.65. The molecule has 0 saturated carbocycles. The van der Waals surface area contributed by atoms with Crippen LogP contribution in [0.3, 0.4) is 0 Å². The number of hydrogen-bond acceptors (Lipinski definition) is 7. The van der Waals surface area contributed by atoms with Gasteiger partial charge in [0, 0.05) is 43.7 Å². The van der Waals surface area contributed by atoms with Crippen LogP contribution in [0.5, 0.6) is 0 Å². The molecule has 1 aromatic heterocycles. The van der Waals surface area contributed by atoms with E-state index in [2.05, 4.69) is 20.9 Å². The molecule has 3 N–H and O–H groups in total. The Balaban J connectivity index is 1.59. The van der Waals surface area contributed by atoms with Gasteiger partial charge in [0.25, 0.3) is 0 Å². The fourth-order valence-corrected chi connectivity index (χ4v) is 4.89. The highest BCUT2D eigenvalue weighted by atomic mass is 16.5. The van der Waals surface area contributed by atoms with Crippen LogP contribution >= 0.6 is 0 Å². The van der Waals surface area contributed by atoms with Crippen LogP contribution in [-0.2, 0) is 20.9 Å². The van der Waals surface area contributed by atoms with Crippen molar-refractivity contribution >= 4 is 17.5 Å². The summed E-state index contributed by atoms with van der Waals surface area (Å²) >= 11 is 0. The highest BCUT2D eigenvalue weighted by molar-refractivity contribution is 6.01. The molecule has 2 aromatic carbocycles. The van der Waals surface area contributed by atoms with Crippen molar-refractivity contribution in [1.82, 2.24) is 25.6 Å². The molecule has 0 bridgehead atoms. The maximum absolute atomic E-state index is 13.6. The van der Waals surface area contributed by atoms with E-state index in [1.165, 1.54) is 4.68 Å². The third-order valence-electron chi connectivity index (χ3n) is 6.87. The number of amides is 2. The second-order valence-electron chi connectivity index (χ2n) is 10.2. The Labute approximate surface area is 229 Å². The van der Waals surface area contributed by atoms with Gasteiger partial charge in [-0.15, -0.1) is 5.10 Å². The van der Waals surface area contributed by atoms with Crippen LogP contribution in [0.25, 0.3) is 22.5 Å². The molecule has 1 aliphatic rings. The molecule has 1 aliphatic heterocycles. The number of rotatable bonds is 11. The monoisotopic (exact) mass is 534 g/mol. The molecule has 10 nitrogen and oxygen atoms in total. The number of likely N-dealkylation sites (N-methyl/N-ethyl adjacent to an activating group) is 1. The Kier molecular flexibility index (Phi) is 9.11. The third-order valence-corrected chi connectivity index (χ3v) is 6.87. The van der Waals surface area contributed by atoms with Crippen LogP contribution in [0, 0.1) is 0 Å². The van der Waals surface area contributed by atoms with Crippen molar-refractivity contribution in [2.45, 2.75) is 58.4 Å². The fourth-order valence-electron chi connectivity index (χ4n) is 4.89. The average Bonchev–Trinajstić information content (AvgIpc) is 3.34. The van der Waals surface area contributed by atoms with Gasteiger partial charge in [-0.3, -0.25) is 9.59 Å². The van der Waals surface area contributed by atoms with Gasteiger partial charge in [-0.1, -0.05) is 47.7 Å². The second-order valence-corrected chi connectivity index (χ2v) is 10.2. The van der Waals surface area contributed by atoms with E-state index in [0.717, 1.165) is 16.7 Å². The number of hydrogen-bond donors (Lipinski definition) is 3. The van der Waals surface area contributed by atoms with Gasteiger partial charge in [-0.25, -0.2) is 4.68 Å². The standard InChI is InChI=1S/C29H38N6O4/c1-5-39-29(2,3)16-17-31-24(36)14-15-25(37)34-19-20-10-6-7-11-21(20)28-27(22-12-8-9-13-23(22)34)32-33-35(28)26(38)18-30-4/h6-13,26,30,38H,5,14-19H2,1-4H3,(H,31,36). The molecular weight excluding hydrogens is 496 g/mol. The lowest BCUT2D eigenvalue weighted by atomic mass is 9.95. The average molecular weight is 535 g/mol. The summed E-state index contributed by atoms with van der Waals surface area (Å²) in [5.74, 6) is -0.326. The van der Waals surface area contributed by atoms with Crippen LogP contribution in [0.15, 0.2) is 48.5 Å². The summed E-state index contributed by atoms with van der Waals surface area (Å²) in [5, 5.41) is 25.4. The Hall–Kier alpha value is -3.60. The highest BCUT2D eigenvalue weighted by Gasteiger charge is 2.30. The zero-order valence-corrected chi connectivity index (χ0v) is 23.1. The number of benzene rings is 2. The number of carbonyl (C=O) groups excluding carboxylic acids is 2. The Morgan fingerprint density at radius 2 is 1.82 bits per heavy atom. The van der Waals surface area contributed by atoms with Crippen LogP contribution in [0.1, 0.15) is 51.8 Å². The summed E-state index contributed by atoms with van der Waals surface area (Å²) < 4.78 is 7.21. The molecular formula is C29H38N6O4. The molecule has 1 unspecified atom stereocenters. The van der Waals surface area contributed by atoms with Gasteiger partial charge >= 0.3 is 0 Å². The largest absolute Gasteiger partial charge is 0.376 e. The molecule has 0 saturated heterocycles. The first kappa shape index (κ1) is 28.4. The molecule has 208 valence electrons. The molecule has 1 atom stereocenters. The summed E-state index contributed by atoms with van der Waals surface area (Å²) in [7, 11) is 1.76. The highest BCUT2D eigenvalue weighted by Crippen LogP contribution is 2.41. The van der Waals surface area contributed by atoms with E-state index in [4.69, 9.17) is 4.74 Å². The lowest BCUT2D eigenvalue weighted by Gasteiger charge is -2.29. The molecule has 3 aromatic rings. The summed E-state index contributed by atoms with van der Waals surface area (Å²) in [6.07, 6.45) is -0.0759. The molecule has 4 rings (SSSR count). The van der Waals surface area contributed by atoms with Gasteiger partial charge in [0.2, 0.25) is 11.8 Å². The molecule has 0 spiro atoms. The molecule has 10 heteroatoms. The lowest BCUT2D eigenvalue weighted by Crippen LogP contribution is -2.35. The maximum Gasteiger partial charge on any atom is 0.227 e. The number of ether oxygens (including phenoxy) is 1. The Morgan fingerprint density at radius 3 is 2.56 bits per heavy atom. The zero-order chi connectivity index (χ0) is 28.0. The topological polar surface area (TPSA) is 122 Å². The minimum Gasteiger partial charge on any atom is -0.376 e. The first-order chi connectivity index (χ1) is 18.8. The number of aliphatic hydroxyl groups excluding tert-OH is 1. The van der Waals surface area contributed by atoms with Gasteiger partial charge in [0.05, 0.1) is 17.8 Å². The summed E-state index contributed by atoms with van der Waals surface area (Å²) in [6, 6.07) is 15.3. The fraction of sp³-hybridized carbons (Fsp3) is 0.448. The Bertz CT molecular complexity index is 1300. The molecule has 39 heavy (non-hydrogen) atoms. The van der Waals surface area contributed by atoms with Crippen molar-refractivity contribution in [1.29, 1.82) is 0 Å². The van der Waals surface area contributed by atoms with E-state index < -0.39 is 6.23 Å². The number of nitrogens with one attached hydrogen (secondary N) is 2. The van der Waals surface area contributed by atoms with Gasteiger partial charge < -0.3 is 25.4 Å². The summed E-state index contributed by atoms with van der Waals surface area (Å²) in [4.78, 5) is 27.9. The quantitative estimate of drug-likeness (QED) is 0.345. The van der Waals surface area contributed by atoms with Crippen molar-refractivity contribution in [2.75, 3.05) is 31.6 Å². The van der Waals surface area contributed by atoms with Gasteiger partial charge in [-0.05, 0) is 45.9 Å². The molecule has 0 fully saturated rings. The number of para-hydroxylation sites is 1. The lowest BCUT2D eigenvalue weighted by molar-refractivity contribution is -0.125. The predicted molar refractivity (Wildman–Crippen MR) is 150 cm³/mol. The Morgan fingerprint density at radius 1 is 1.10 bits per heavy atom. The van der Waals surface area contributed by atoms with Gasteiger partial charge in [0.15, 0.2) is 6.23 Å². The number of anilines is 1. The van der Waals surface area contributed by atoms with E-state index in [1.807, 2.05) is 69.3 Å². The number of nitrogens with zero attached hydrogens (tertiary/aromatic N) is 4. The van der Waals surface area contributed by atoms with E-state index in [9.17, 15) is 14.7 Å². The van der Waals surface area contributed by atoms with E-state index in [0.29, 0.717) is 49.7 Å².